The molecule has 1 fully saturated rings. The molecule has 2 heterocycles. The average Bonchev–Trinajstić information content (AvgIpc) is 2.78. The van der Waals surface area contributed by atoms with Crippen LogP contribution in [0.15, 0.2) is 12.4 Å². The number of ether oxygens (including phenoxy) is 1. The first kappa shape index (κ1) is 11.2. The van der Waals surface area contributed by atoms with Gasteiger partial charge in [-0.1, -0.05) is 6.92 Å². The van der Waals surface area contributed by atoms with Gasteiger partial charge in [0.25, 0.3) is 0 Å². The number of hydrogen-bond acceptors (Lipinski definition) is 3. The zero-order valence-electron chi connectivity index (χ0n) is 9.59. The van der Waals surface area contributed by atoms with Crippen LogP contribution in [0.1, 0.15) is 37.9 Å². The molecular weight excluding hydrogens is 202 g/mol. The summed E-state index contributed by atoms with van der Waals surface area (Å²) in [6.07, 6.45) is 6.73. The molecule has 0 aliphatic carbocycles. The predicted octanol–water partition coefficient (Wildman–Crippen LogP) is 2.28. The highest BCUT2D eigenvalue weighted by Gasteiger charge is 2.28. The molecule has 2 rings (SSSR count). The van der Waals surface area contributed by atoms with Gasteiger partial charge in [-0.25, -0.2) is 0 Å². The monoisotopic (exact) mass is 219 g/mol. The Morgan fingerprint density at radius 1 is 1.69 bits per heavy atom. The molecule has 2 unspecified atom stereocenters. The Labute approximate surface area is 95.8 Å². The van der Waals surface area contributed by atoms with E-state index in [0.717, 1.165) is 38.0 Å². The molecule has 0 bridgehead atoms. The minimum absolute atomic E-state index is 0.0203. The fourth-order valence-corrected chi connectivity index (χ4v) is 2.12. The van der Waals surface area contributed by atoms with E-state index in [2.05, 4.69) is 18.1 Å². The molecule has 1 saturated heterocycles. The van der Waals surface area contributed by atoms with E-state index in [9.17, 15) is 0 Å². The lowest BCUT2D eigenvalue weighted by Gasteiger charge is -2.26. The van der Waals surface area contributed by atoms with Crippen molar-refractivity contribution < 1.29 is 4.74 Å². The highest BCUT2D eigenvalue weighted by molar-refractivity contribution is 5.13. The summed E-state index contributed by atoms with van der Waals surface area (Å²) in [4.78, 5) is 0. The predicted molar refractivity (Wildman–Crippen MR) is 59.5 cm³/mol. The van der Waals surface area contributed by atoms with Crippen molar-refractivity contribution in [2.45, 2.75) is 38.8 Å². The zero-order valence-corrected chi connectivity index (χ0v) is 9.59. The molecule has 0 aromatic carbocycles. The number of nitriles is 1. The van der Waals surface area contributed by atoms with E-state index in [1.54, 1.807) is 0 Å². The van der Waals surface area contributed by atoms with Gasteiger partial charge < -0.3 is 4.74 Å². The van der Waals surface area contributed by atoms with Gasteiger partial charge in [-0.3, -0.25) is 4.68 Å². The first-order chi connectivity index (χ1) is 7.85. The molecule has 4 heteroatoms. The summed E-state index contributed by atoms with van der Waals surface area (Å²) in [5.41, 5.74) is 1.04. The van der Waals surface area contributed by atoms with E-state index >= 15 is 0 Å². The van der Waals surface area contributed by atoms with Gasteiger partial charge in [0.2, 0.25) is 0 Å². The number of rotatable bonds is 3. The quantitative estimate of drug-likeness (QED) is 0.783. The molecule has 16 heavy (non-hydrogen) atoms. The van der Waals surface area contributed by atoms with Crippen molar-refractivity contribution in [3.8, 4) is 6.07 Å². The molecule has 0 N–H and O–H groups in total. The maximum absolute atomic E-state index is 9.08. The largest absolute Gasteiger partial charge is 0.372 e. The fourth-order valence-electron chi connectivity index (χ4n) is 2.12. The molecule has 1 aliphatic rings. The summed E-state index contributed by atoms with van der Waals surface area (Å²) in [5, 5.41) is 13.4. The second kappa shape index (κ2) is 5.13. The smallest absolute Gasteiger partial charge is 0.101 e. The molecule has 1 aromatic heterocycles. The van der Waals surface area contributed by atoms with Crippen molar-refractivity contribution >= 4 is 0 Å². The van der Waals surface area contributed by atoms with Crippen molar-refractivity contribution in [2.24, 2.45) is 5.92 Å². The molecule has 0 saturated carbocycles. The zero-order chi connectivity index (χ0) is 11.4. The van der Waals surface area contributed by atoms with Crippen molar-refractivity contribution in [1.29, 1.82) is 5.26 Å². The molecule has 1 aliphatic heterocycles. The standard InChI is InChI=1S/C12H17N3O/c1-2-5-15-9-11(8-14-15)12-10(7-13)4-3-6-16-12/h8-10,12H,2-6H2,1H3. The van der Waals surface area contributed by atoms with Crippen LogP contribution in [0.5, 0.6) is 0 Å². The van der Waals surface area contributed by atoms with E-state index in [-0.39, 0.29) is 12.0 Å². The van der Waals surface area contributed by atoms with Gasteiger partial charge >= 0.3 is 0 Å². The van der Waals surface area contributed by atoms with Crippen LogP contribution in [0, 0.1) is 17.2 Å². The van der Waals surface area contributed by atoms with E-state index < -0.39 is 0 Å². The Bertz CT molecular complexity index is 380. The van der Waals surface area contributed by atoms with Gasteiger partial charge in [0.15, 0.2) is 0 Å². The van der Waals surface area contributed by atoms with Crippen LogP contribution in [0.25, 0.3) is 0 Å². The lowest BCUT2D eigenvalue weighted by atomic mass is 9.92. The average molecular weight is 219 g/mol. The Morgan fingerprint density at radius 3 is 3.31 bits per heavy atom. The Hall–Kier alpha value is -1.34. The normalized spacial score (nSPS) is 25.2. The highest BCUT2D eigenvalue weighted by atomic mass is 16.5. The molecule has 0 radical (unpaired) electrons. The summed E-state index contributed by atoms with van der Waals surface area (Å²) in [6, 6.07) is 2.33. The van der Waals surface area contributed by atoms with Gasteiger partial charge in [-0.05, 0) is 19.3 Å². The van der Waals surface area contributed by atoms with Crippen molar-refractivity contribution in [3.63, 3.8) is 0 Å². The van der Waals surface area contributed by atoms with E-state index in [4.69, 9.17) is 10.00 Å². The van der Waals surface area contributed by atoms with Gasteiger partial charge in [0, 0.05) is 24.9 Å². The third-order valence-electron chi connectivity index (χ3n) is 2.92. The van der Waals surface area contributed by atoms with Crippen LogP contribution in [-0.4, -0.2) is 16.4 Å². The lowest BCUT2D eigenvalue weighted by molar-refractivity contribution is -0.0102. The molecule has 0 amide bonds. The number of hydrogen-bond donors (Lipinski definition) is 0. The fraction of sp³-hybridized carbons (Fsp3) is 0.667. The Balaban J connectivity index is 2.12. The Kier molecular flexibility index (Phi) is 3.58. The summed E-state index contributed by atoms with van der Waals surface area (Å²) in [6.45, 7) is 3.79. The van der Waals surface area contributed by atoms with Gasteiger partial charge in [-0.15, -0.1) is 0 Å². The maximum Gasteiger partial charge on any atom is 0.101 e. The Morgan fingerprint density at radius 2 is 2.56 bits per heavy atom. The van der Waals surface area contributed by atoms with Crippen LogP contribution in [0.3, 0.4) is 0 Å². The molecule has 1 aromatic rings. The van der Waals surface area contributed by atoms with E-state index in [0.29, 0.717) is 0 Å². The molecule has 4 nitrogen and oxygen atoms in total. The second-order valence-electron chi connectivity index (χ2n) is 4.21. The molecule has 0 spiro atoms. The molecule has 86 valence electrons. The summed E-state index contributed by atoms with van der Waals surface area (Å²) >= 11 is 0. The van der Waals surface area contributed by atoms with E-state index in [1.165, 1.54) is 0 Å². The van der Waals surface area contributed by atoms with Crippen molar-refractivity contribution in [3.05, 3.63) is 18.0 Å². The SMILES string of the molecule is CCCn1cc(C2OCCCC2C#N)cn1. The summed E-state index contributed by atoms with van der Waals surface area (Å²) < 4.78 is 7.60. The number of nitrogens with zero attached hydrogens (tertiary/aromatic N) is 3. The topological polar surface area (TPSA) is 50.8 Å². The van der Waals surface area contributed by atoms with Gasteiger partial charge in [0.1, 0.15) is 6.10 Å². The van der Waals surface area contributed by atoms with Crippen molar-refractivity contribution in [2.75, 3.05) is 6.61 Å². The van der Waals surface area contributed by atoms with Crippen molar-refractivity contribution in [1.82, 2.24) is 9.78 Å². The van der Waals surface area contributed by atoms with Crippen LogP contribution in [-0.2, 0) is 11.3 Å². The summed E-state index contributed by atoms with van der Waals surface area (Å²) in [5.74, 6) is -0.0203. The van der Waals surface area contributed by atoms with Crippen LogP contribution >= 0.6 is 0 Å². The van der Waals surface area contributed by atoms with Gasteiger partial charge in [0.05, 0.1) is 18.2 Å². The third kappa shape index (κ3) is 2.25. The molecule has 2 atom stereocenters. The highest BCUT2D eigenvalue weighted by Crippen LogP contribution is 2.32. The van der Waals surface area contributed by atoms with Crippen LogP contribution in [0.4, 0.5) is 0 Å². The minimum Gasteiger partial charge on any atom is -0.372 e. The molecular formula is C12H17N3O. The van der Waals surface area contributed by atoms with Crippen LogP contribution < -0.4 is 0 Å². The first-order valence-corrected chi connectivity index (χ1v) is 5.88. The minimum atomic E-state index is -0.0793. The maximum atomic E-state index is 9.08. The second-order valence-corrected chi connectivity index (χ2v) is 4.21. The summed E-state index contributed by atoms with van der Waals surface area (Å²) in [7, 11) is 0. The first-order valence-electron chi connectivity index (χ1n) is 5.88. The van der Waals surface area contributed by atoms with Gasteiger partial charge in [-0.2, -0.15) is 10.4 Å². The van der Waals surface area contributed by atoms with Crippen LogP contribution in [0.2, 0.25) is 0 Å². The third-order valence-corrected chi connectivity index (χ3v) is 2.92. The number of aryl methyl sites for hydroxylation is 1. The number of aromatic nitrogens is 2. The van der Waals surface area contributed by atoms with E-state index in [1.807, 2.05) is 17.1 Å². The lowest BCUT2D eigenvalue weighted by Crippen LogP contribution is -2.21.